The van der Waals surface area contributed by atoms with E-state index >= 15 is 0 Å². The van der Waals surface area contributed by atoms with E-state index in [1.807, 2.05) is 0 Å². The molecule has 0 aliphatic heterocycles. The minimum absolute atomic E-state index is 0.256. The van der Waals surface area contributed by atoms with Gasteiger partial charge in [0.05, 0.1) is 12.7 Å². The number of hydrogen-bond acceptors (Lipinski definition) is 4. The predicted octanol–water partition coefficient (Wildman–Crippen LogP) is 1.69. The molecule has 5 nitrogen and oxygen atoms in total. The number of nitrogens with zero attached hydrogens (tertiary/aromatic N) is 1. The first-order valence-electron chi connectivity index (χ1n) is 6.24. The quantitative estimate of drug-likeness (QED) is 0.840. The smallest absolute Gasteiger partial charge is 0.256 e. The predicted molar refractivity (Wildman–Crippen MR) is 79.1 cm³/mol. The number of carbonyl (C=O) groups is 1. The summed E-state index contributed by atoms with van der Waals surface area (Å²) in [6.45, 7) is -0.256. The van der Waals surface area contributed by atoms with Gasteiger partial charge in [-0.1, -0.05) is 17.9 Å². The van der Waals surface area contributed by atoms with Gasteiger partial charge in [-0.3, -0.25) is 4.79 Å². The van der Waals surface area contributed by atoms with Crippen LogP contribution in [0.15, 0.2) is 42.6 Å². The van der Waals surface area contributed by atoms with Crippen molar-refractivity contribution in [3.8, 4) is 17.6 Å². The van der Waals surface area contributed by atoms with Gasteiger partial charge in [0.25, 0.3) is 5.91 Å². The lowest BCUT2D eigenvalue weighted by atomic mass is 10.1. The van der Waals surface area contributed by atoms with Crippen LogP contribution in [-0.2, 0) is 0 Å². The van der Waals surface area contributed by atoms with Gasteiger partial charge in [-0.15, -0.1) is 0 Å². The SMILES string of the molecule is COc1ccc(C(=O)Nc2ccccn2)cc1C#CCO. The van der Waals surface area contributed by atoms with E-state index in [0.29, 0.717) is 22.7 Å². The van der Waals surface area contributed by atoms with E-state index in [0.717, 1.165) is 0 Å². The molecule has 0 unspecified atom stereocenters. The van der Waals surface area contributed by atoms with Crippen molar-refractivity contribution < 1.29 is 14.6 Å². The van der Waals surface area contributed by atoms with Crippen LogP contribution in [0.25, 0.3) is 0 Å². The molecule has 0 atom stereocenters. The Labute approximate surface area is 122 Å². The monoisotopic (exact) mass is 282 g/mol. The molecule has 21 heavy (non-hydrogen) atoms. The maximum atomic E-state index is 12.2. The molecule has 0 radical (unpaired) electrons. The van der Waals surface area contributed by atoms with Crippen LogP contribution in [0.2, 0.25) is 0 Å². The fraction of sp³-hybridized carbons (Fsp3) is 0.125. The average molecular weight is 282 g/mol. The third-order valence-corrected chi connectivity index (χ3v) is 2.67. The van der Waals surface area contributed by atoms with E-state index in [9.17, 15) is 4.79 Å². The van der Waals surface area contributed by atoms with Gasteiger partial charge in [0.15, 0.2) is 0 Å². The van der Waals surface area contributed by atoms with Crippen LogP contribution in [0.5, 0.6) is 5.75 Å². The maximum absolute atomic E-state index is 12.2. The van der Waals surface area contributed by atoms with Gasteiger partial charge >= 0.3 is 0 Å². The summed E-state index contributed by atoms with van der Waals surface area (Å²) in [6.07, 6.45) is 1.60. The zero-order valence-corrected chi connectivity index (χ0v) is 11.5. The number of benzene rings is 1. The number of methoxy groups -OCH3 is 1. The number of nitrogens with one attached hydrogen (secondary N) is 1. The molecule has 0 bridgehead atoms. The van der Waals surface area contributed by atoms with Crippen LogP contribution in [0.4, 0.5) is 5.82 Å². The Hall–Kier alpha value is -2.84. The molecule has 0 aliphatic rings. The van der Waals surface area contributed by atoms with Crippen molar-refractivity contribution in [3.63, 3.8) is 0 Å². The molecule has 0 saturated carbocycles. The summed E-state index contributed by atoms with van der Waals surface area (Å²) in [4.78, 5) is 16.2. The largest absolute Gasteiger partial charge is 0.495 e. The topological polar surface area (TPSA) is 71.5 Å². The summed E-state index contributed by atoms with van der Waals surface area (Å²) >= 11 is 0. The summed E-state index contributed by atoms with van der Waals surface area (Å²) in [7, 11) is 1.52. The van der Waals surface area contributed by atoms with E-state index < -0.39 is 0 Å². The fourth-order valence-electron chi connectivity index (χ4n) is 1.71. The lowest BCUT2D eigenvalue weighted by Crippen LogP contribution is -2.13. The molecule has 0 fully saturated rings. The zero-order chi connectivity index (χ0) is 15.1. The second-order valence-electron chi connectivity index (χ2n) is 4.04. The summed E-state index contributed by atoms with van der Waals surface area (Å²) in [6, 6.07) is 10.2. The second-order valence-corrected chi connectivity index (χ2v) is 4.04. The Kier molecular flexibility index (Phi) is 4.91. The summed E-state index contributed by atoms with van der Waals surface area (Å²) in [5, 5.41) is 11.5. The number of hydrogen-bond donors (Lipinski definition) is 2. The highest BCUT2D eigenvalue weighted by Gasteiger charge is 2.09. The number of aliphatic hydroxyl groups excluding tert-OH is 1. The lowest BCUT2D eigenvalue weighted by Gasteiger charge is -2.07. The van der Waals surface area contributed by atoms with Crippen molar-refractivity contribution in [2.24, 2.45) is 0 Å². The van der Waals surface area contributed by atoms with Crippen LogP contribution >= 0.6 is 0 Å². The third kappa shape index (κ3) is 3.81. The number of aliphatic hydroxyl groups is 1. The van der Waals surface area contributed by atoms with E-state index in [4.69, 9.17) is 9.84 Å². The Balaban J connectivity index is 2.25. The normalized spacial score (nSPS) is 9.43. The van der Waals surface area contributed by atoms with Crippen LogP contribution in [0, 0.1) is 11.8 Å². The maximum Gasteiger partial charge on any atom is 0.256 e. The minimum atomic E-state index is -0.289. The average Bonchev–Trinajstić information content (AvgIpc) is 2.53. The van der Waals surface area contributed by atoms with Gasteiger partial charge in [-0.2, -0.15) is 0 Å². The standard InChI is InChI=1S/C16H14N2O3/c1-21-14-8-7-13(11-12(14)5-4-10-19)16(20)18-15-6-2-3-9-17-15/h2-3,6-9,11,19H,10H2,1H3,(H,17,18,20). The fourth-order valence-corrected chi connectivity index (χ4v) is 1.71. The number of anilines is 1. The van der Waals surface area contributed by atoms with E-state index in [2.05, 4.69) is 22.1 Å². The first kappa shape index (κ1) is 14.6. The number of aromatic nitrogens is 1. The van der Waals surface area contributed by atoms with Crippen LogP contribution < -0.4 is 10.1 Å². The molecular formula is C16H14N2O3. The molecule has 106 valence electrons. The number of amides is 1. The molecule has 0 saturated heterocycles. The highest BCUT2D eigenvalue weighted by atomic mass is 16.5. The Bertz CT molecular complexity index is 688. The summed E-state index contributed by atoms with van der Waals surface area (Å²) in [5.74, 6) is 6.02. The van der Waals surface area contributed by atoms with Gasteiger partial charge in [-0.25, -0.2) is 4.98 Å². The van der Waals surface area contributed by atoms with Crippen LogP contribution in [-0.4, -0.2) is 29.7 Å². The molecule has 1 amide bonds. The Morgan fingerprint density at radius 2 is 2.24 bits per heavy atom. The van der Waals surface area contributed by atoms with Crippen molar-refractivity contribution in [1.82, 2.24) is 4.98 Å². The molecule has 2 rings (SSSR count). The molecule has 1 aromatic heterocycles. The third-order valence-electron chi connectivity index (χ3n) is 2.67. The van der Waals surface area contributed by atoms with Crippen molar-refractivity contribution >= 4 is 11.7 Å². The van der Waals surface area contributed by atoms with Gasteiger partial charge in [0.2, 0.25) is 0 Å². The highest BCUT2D eigenvalue weighted by molar-refractivity contribution is 6.04. The minimum Gasteiger partial charge on any atom is -0.495 e. The van der Waals surface area contributed by atoms with Crippen molar-refractivity contribution in [3.05, 3.63) is 53.7 Å². The lowest BCUT2D eigenvalue weighted by molar-refractivity contribution is 0.102. The summed E-state index contributed by atoms with van der Waals surface area (Å²) < 4.78 is 5.17. The first-order valence-corrected chi connectivity index (χ1v) is 6.24. The highest BCUT2D eigenvalue weighted by Crippen LogP contribution is 2.19. The Morgan fingerprint density at radius 1 is 1.38 bits per heavy atom. The van der Waals surface area contributed by atoms with Crippen LogP contribution in [0.3, 0.4) is 0 Å². The molecule has 2 N–H and O–H groups in total. The number of ether oxygens (including phenoxy) is 1. The molecule has 0 spiro atoms. The number of pyridine rings is 1. The molecule has 2 aromatic rings. The molecule has 1 heterocycles. The second kappa shape index (κ2) is 7.08. The number of carbonyl (C=O) groups excluding carboxylic acids is 1. The number of rotatable bonds is 3. The van der Waals surface area contributed by atoms with Crippen molar-refractivity contribution in [2.45, 2.75) is 0 Å². The molecule has 0 aliphatic carbocycles. The van der Waals surface area contributed by atoms with Gasteiger partial charge in [0, 0.05) is 11.8 Å². The van der Waals surface area contributed by atoms with E-state index in [1.54, 1.807) is 42.6 Å². The van der Waals surface area contributed by atoms with Crippen molar-refractivity contribution in [2.75, 3.05) is 19.0 Å². The van der Waals surface area contributed by atoms with Gasteiger partial charge in [-0.05, 0) is 30.3 Å². The summed E-state index contributed by atoms with van der Waals surface area (Å²) in [5.41, 5.74) is 0.976. The molecular weight excluding hydrogens is 268 g/mol. The van der Waals surface area contributed by atoms with E-state index in [1.165, 1.54) is 7.11 Å². The van der Waals surface area contributed by atoms with Gasteiger partial charge < -0.3 is 15.2 Å². The molecule has 5 heteroatoms. The van der Waals surface area contributed by atoms with Crippen LogP contribution in [0.1, 0.15) is 15.9 Å². The Morgan fingerprint density at radius 3 is 2.90 bits per heavy atom. The van der Waals surface area contributed by atoms with Crippen molar-refractivity contribution in [1.29, 1.82) is 0 Å². The van der Waals surface area contributed by atoms with E-state index in [-0.39, 0.29) is 12.5 Å². The van der Waals surface area contributed by atoms with Gasteiger partial charge in [0.1, 0.15) is 18.2 Å². The first-order chi connectivity index (χ1) is 10.2. The zero-order valence-electron chi connectivity index (χ0n) is 11.5. The molecule has 1 aromatic carbocycles.